The third-order valence-electron chi connectivity index (χ3n) is 5.81. The first-order valence-corrected chi connectivity index (χ1v) is 13.5. The highest BCUT2D eigenvalue weighted by molar-refractivity contribution is 7.92. The lowest BCUT2D eigenvalue weighted by molar-refractivity contribution is -0.139. The van der Waals surface area contributed by atoms with Crippen molar-refractivity contribution in [2.24, 2.45) is 0 Å². The van der Waals surface area contributed by atoms with Gasteiger partial charge in [-0.05, 0) is 73.2 Å². The lowest BCUT2D eigenvalue weighted by Crippen LogP contribution is -2.50. The van der Waals surface area contributed by atoms with Crippen LogP contribution < -0.4 is 14.4 Å². The maximum atomic E-state index is 13.7. The molecule has 0 saturated carbocycles. The number of carbonyl (C=O) groups excluding carboxylic acids is 2. The van der Waals surface area contributed by atoms with Crippen molar-refractivity contribution in [1.82, 2.24) is 10.2 Å². The van der Waals surface area contributed by atoms with E-state index < -0.39 is 40.2 Å². The van der Waals surface area contributed by atoms with Gasteiger partial charge in [0.2, 0.25) is 11.8 Å². The van der Waals surface area contributed by atoms with Crippen LogP contribution in [0.1, 0.15) is 12.5 Å². The minimum atomic E-state index is -4.29. The van der Waals surface area contributed by atoms with Gasteiger partial charge in [0, 0.05) is 23.6 Å². The Bertz CT molecular complexity index is 1400. The molecule has 0 saturated heterocycles. The second kappa shape index (κ2) is 12.5. The summed E-state index contributed by atoms with van der Waals surface area (Å²) < 4.78 is 47.0. The Labute approximate surface area is 231 Å². The topological polar surface area (TPSA) is 96.0 Å². The number of halogens is 3. The summed E-state index contributed by atoms with van der Waals surface area (Å²) in [6.07, 6.45) is 0. The SMILES string of the molecule is CNC(=O)C(C)N(Cc1ccc(Cl)cc1Cl)C(=O)CN(c1ccc(F)cc1)S(=O)(=O)c1ccc(OC)cc1. The van der Waals surface area contributed by atoms with Crippen molar-refractivity contribution in [2.75, 3.05) is 25.0 Å². The zero-order chi connectivity index (χ0) is 28.0. The normalized spacial score (nSPS) is 11.9. The van der Waals surface area contributed by atoms with Gasteiger partial charge in [0.1, 0.15) is 24.2 Å². The highest BCUT2D eigenvalue weighted by Gasteiger charge is 2.32. The van der Waals surface area contributed by atoms with Crippen LogP contribution in [0.15, 0.2) is 71.6 Å². The fourth-order valence-corrected chi connectivity index (χ4v) is 5.52. The zero-order valence-electron chi connectivity index (χ0n) is 20.8. The number of nitrogens with zero attached hydrogens (tertiary/aromatic N) is 2. The maximum absolute atomic E-state index is 13.7. The van der Waals surface area contributed by atoms with Crippen molar-refractivity contribution < 1.29 is 27.1 Å². The van der Waals surface area contributed by atoms with E-state index in [1.807, 2.05) is 0 Å². The molecular formula is C26H26Cl2FN3O5S. The molecular weight excluding hydrogens is 556 g/mol. The van der Waals surface area contributed by atoms with Crippen molar-refractivity contribution >= 4 is 50.7 Å². The third kappa shape index (κ3) is 6.75. The number of nitrogens with one attached hydrogen (secondary N) is 1. The second-order valence-corrected chi connectivity index (χ2v) is 10.9. The van der Waals surface area contributed by atoms with Crippen LogP contribution in [0.3, 0.4) is 0 Å². The minimum Gasteiger partial charge on any atom is -0.497 e. The molecule has 202 valence electrons. The minimum absolute atomic E-state index is 0.0626. The molecule has 0 aromatic heterocycles. The largest absolute Gasteiger partial charge is 0.497 e. The molecule has 0 aliphatic heterocycles. The summed E-state index contributed by atoms with van der Waals surface area (Å²) in [5.41, 5.74) is 0.569. The van der Waals surface area contributed by atoms with Crippen molar-refractivity contribution in [1.29, 1.82) is 0 Å². The van der Waals surface area contributed by atoms with Gasteiger partial charge in [-0.15, -0.1) is 0 Å². The number of methoxy groups -OCH3 is 1. The number of carbonyl (C=O) groups is 2. The van der Waals surface area contributed by atoms with E-state index in [1.165, 1.54) is 68.4 Å². The van der Waals surface area contributed by atoms with E-state index in [2.05, 4.69) is 5.32 Å². The first-order valence-electron chi connectivity index (χ1n) is 11.3. The van der Waals surface area contributed by atoms with Crippen LogP contribution in [0.4, 0.5) is 10.1 Å². The molecule has 0 fully saturated rings. The summed E-state index contributed by atoms with van der Waals surface area (Å²) in [6.45, 7) is 0.747. The van der Waals surface area contributed by atoms with Gasteiger partial charge in [-0.3, -0.25) is 13.9 Å². The summed E-state index contributed by atoms with van der Waals surface area (Å²) in [5.74, 6) is -1.28. The number of benzene rings is 3. The maximum Gasteiger partial charge on any atom is 0.264 e. The molecule has 0 radical (unpaired) electrons. The standard InChI is InChI=1S/C26H26Cl2FN3O5S/c1-17(26(34)30-2)31(15-18-4-5-19(27)14-24(18)28)25(33)16-32(21-8-6-20(29)7-9-21)38(35,36)23-12-10-22(37-3)11-13-23/h4-14,17H,15-16H2,1-3H3,(H,30,34). The van der Waals surface area contributed by atoms with Crippen molar-refractivity contribution in [3.8, 4) is 5.75 Å². The van der Waals surface area contributed by atoms with Gasteiger partial charge in [0.05, 0.1) is 17.7 Å². The number of hydrogen-bond acceptors (Lipinski definition) is 5. The second-order valence-electron chi connectivity index (χ2n) is 8.21. The molecule has 1 atom stereocenters. The molecule has 0 heterocycles. The summed E-state index contributed by atoms with van der Waals surface area (Å²) >= 11 is 12.3. The quantitative estimate of drug-likeness (QED) is 0.380. The van der Waals surface area contributed by atoms with Crippen molar-refractivity contribution in [3.05, 3.63) is 88.2 Å². The molecule has 3 aromatic carbocycles. The number of hydrogen-bond donors (Lipinski definition) is 1. The molecule has 1 N–H and O–H groups in total. The first-order chi connectivity index (χ1) is 18.0. The Morgan fingerprint density at radius 3 is 2.21 bits per heavy atom. The van der Waals surface area contributed by atoms with Crippen LogP contribution in [0.25, 0.3) is 0 Å². The number of sulfonamides is 1. The van der Waals surface area contributed by atoms with Gasteiger partial charge in [-0.2, -0.15) is 0 Å². The summed E-state index contributed by atoms with van der Waals surface area (Å²) in [7, 11) is -1.42. The highest BCUT2D eigenvalue weighted by atomic mass is 35.5. The van der Waals surface area contributed by atoms with Crippen LogP contribution in [-0.2, 0) is 26.2 Å². The predicted octanol–water partition coefficient (Wildman–Crippen LogP) is 4.50. The van der Waals surface area contributed by atoms with Crippen molar-refractivity contribution in [2.45, 2.75) is 24.4 Å². The lowest BCUT2D eigenvalue weighted by Gasteiger charge is -2.32. The van der Waals surface area contributed by atoms with Gasteiger partial charge in [0.25, 0.3) is 10.0 Å². The molecule has 0 aliphatic carbocycles. The number of amides is 2. The van der Waals surface area contributed by atoms with E-state index in [1.54, 1.807) is 12.1 Å². The van der Waals surface area contributed by atoms with E-state index >= 15 is 0 Å². The van der Waals surface area contributed by atoms with E-state index in [0.717, 1.165) is 16.4 Å². The average Bonchev–Trinajstić information content (AvgIpc) is 2.90. The molecule has 1 unspecified atom stereocenters. The lowest BCUT2D eigenvalue weighted by atomic mass is 10.1. The van der Waals surface area contributed by atoms with Gasteiger partial charge in [-0.1, -0.05) is 29.3 Å². The van der Waals surface area contributed by atoms with Crippen LogP contribution in [0.2, 0.25) is 10.0 Å². The third-order valence-corrected chi connectivity index (χ3v) is 8.19. The van der Waals surface area contributed by atoms with E-state index in [0.29, 0.717) is 16.3 Å². The van der Waals surface area contributed by atoms with E-state index in [4.69, 9.17) is 27.9 Å². The van der Waals surface area contributed by atoms with Gasteiger partial charge < -0.3 is 15.0 Å². The monoisotopic (exact) mass is 581 g/mol. The number of likely N-dealkylation sites (N-methyl/N-ethyl adjacent to an activating group) is 1. The molecule has 38 heavy (non-hydrogen) atoms. The highest BCUT2D eigenvalue weighted by Crippen LogP contribution is 2.27. The summed E-state index contributed by atoms with van der Waals surface area (Å²) in [6, 6.07) is 14.1. The van der Waals surface area contributed by atoms with Crippen LogP contribution in [0, 0.1) is 5.82 Å². The molecule has 12 heteroatoms. The fraction of sp³-hybridized carbons (Fsp3) is 0.231. The predicted molar refractivity (Wildman–Crippen MR) is 144 cm³/mol. The summed E-state index contributed by atoms with van der Waals surface area (Å²) in [4.78, 5) is 27.3. The van der Waals surface area contributed by atoms with Gasteiger partial charge >= 0.3 is 0 Å². The number of ether oxygens (including phenoxy) is 1. The van der Waals surface area contributed by atoms with Crippen LogP contribution in [-0.4, -0.2) is 51.9 Å². The van der Waals surface area contributed by atoms with E-state index in [9.17, 15) is 22.4 Å². The molecule has 3 aromatic rings. The Morgan fingerprint density at radius 2 is 1.66 bits per heavy atom. The van der Waals surface area contributed by atoms with E-state index in [-0.39, 0.29) is 22.2 Å². The summed E-state index contributed by atoms with van der Waals surface area (Å²) in [5, 5.41) is 3.17. The zero-order valence-corrected chi connectivity index (χ0v) is 23.1. The Balaban J connectivity index is 2.04. The number of anilines is 1. The Hall–Kier alpha value is -3.34. The number of rotatable bonds is 10. The first kappa shape index (κ1) is 29.2. The molecule has 0 bridgehead atoms. The van der Waals surface area contributed by atoms with Crippen molar-refractivity contribution in [3.63, 3.8) is 0 Å². The van der Waals surface area contributed by atoms with Gasteiger partial charge in [0.15, 0.2) is 0 Å². The average molecular weight is 582 g/mol. The van der Waals surface area contributed by atoms with Crippen LogP contribution in [0.5, 0.6) is 5.75 Å². The molecule has 0 spiro atoms. The molecule has 0 aliphatic rings. The fourth-order valence-electron chi connectivity index (χ4n) is 3.64. The Kier molecular flexibility index (Phi) is 9.59. The Morgan fingerprint density at radius 1 is 1.03 bits per heavy atom. The smallest absolute Gasteiger partial charge is 0.264 e. The molecule has 8 nitrogen and oxygen atoms in total. The molecule has 3 rings (SSSR count). The molecule has 2 amide bonds. The van der Waals surface area contributed by atoms with Gasteiger partial charge in [-0.25, -0.2) is 12.8 Å². The van der Waals surface area contributed by atoms with Crippen LogP contribution >= 0.6 is 23.2 Å².